The second-order valence-corrected chi connectivity index (χ2v) is 10.5. The molecule has 194 valence electrons. The fourth-order valence-electron chi connectivity index (χ4n) is 4.48. The van der Waals surface area contributed by atoms with Crippen LogP contribution in [0.25, 0.3) is 0 Å². The molecule has 0 bridgehead atoms. The highest BCUT2D eigenvalue weighted by Gasteiger charge is 2.18. The van der Waals surface area contributed by atoms with Crippen LogP contribution in [-0.4, -0.2) is 109 Å². The molecule has 2 aromatic rings. The number of hydrogen-bond donors (Lipinski definition) is 2. The van der Waals surface area contributed by atoms with Crippen LogP contribution in [0.4, 0.5) is 0 Å². The third kappa shape index (κ3) is 7.18. The number of phenolic OH excluding ortho intramolecular Hbond substituents is 2. The maximum absolute atomic E-state index is 10.8. The predicted octanol–water partition coefficient (Wildman–Crippen LogP) is 3.35. The zero-order chi connectivity index (χ0) is 25.7. The quantitative estimate of drug-likeness (QED) is 0.420. The summed E-state index contributed by atoms with van der Waals surface area (Å²) < 4.78 is 0. The highest BCUT2D eigenvalue weighted by atomic mass is 35.5. The Labute approximate surface area is 223 Å². The van der Waals surface area contributed by atoms with Gasteiger partial charge in [0.25, 0.3) is 0 Å². The van der Waals surface area contributed by atoms with E-state index in [-0.39, 0.29) is 11.5 Å². The average molecular weight is 534 g/mol. The third-order valence-corrected chi connectivity index (χ3v) is 7.24. The van der Waals surface area contributed by atoms with Crippen molar-refractivity contribution in [1.82, 2.24) is 19.6 Å². The average Bonchev–Trinajstić information content (AvgIpc) is 2.85. The summed E-state index contributed by atoms with van der Waals surface area (Å²) >= 11 is 12.6. The standard InChI is InChI=1S/C26H34Cl2N6O2/c1-31-3-7-33(8-4-31)17-21-13-23(27)11-19(25(21)35)15-29-30-16-20-12-24(28)14-22(26(20)36)18-34-9-5-32(2)6-10-34/h11-16,35-36H,3-10,17-18H2,1-2H3/b29-15+,30-16+. The smallest absolute Gasteiger partial charge is 0.129 e. The van der Waals surface area contributed by atoms with E-state index in [9.17, 15) is 10.2 Å². The molecule has 2 aliphatic heterocycles. The predicted molar refractivity (Wildman–Crippen MR) is 147 cm³/mol. The molecule has 2 N–H and O–H groups in total. The van der Waals surface area contributed by atoms with Gasteiger partial charge in [-0.25, -0.2) is 0 Å². The van der Waals surface area contributed by atoms with E-state index < -0.39 is 0 Å². The van der Waals surface area contributed by atoms with Crippen LogP contribution < -0.4 is 0 Å². The fourth-order valence-corrected chi connectivity index (χ4v) is 4.98. The summed E-state index contributed by atoms with van der Waals surface area (Å²) in [6, 6.07) is 6.91. The molecule has 2 aliphatic rings. The summed E-state index contributed by atoms with van der Waals surface area (Å²) in [5.41, 5.74) is 2.52. The lowest BCUT2D eigenvalue weighted by Crippen LogP contribution is -2.43. The van der Waals surface area contributed by atoms with Gasteiger partial charge in [0.1, 0.15) is 11.5 Å². The van der Waals surface area contributed by atoms with Crippen LogP contribution in [-0.2, 0) is 13.1 Å². The van der Waals surface area contributed by atoms with Gasteiger partial charge in [-0.3, -0.25) is 9.80 Å². The van der Waals surface area contributed by atoms with Gasteiger partial charge in [-0.1, -0.05) is 23.2 Å². The van der Waals surface area contributed by atoms with E-state index in [0.717, 1.165) is 63.5 Å². The molecule has 2 aromatic carbocycles. The zero-order valence-electron chi connectivity index (χ0n) is 20.9. The minimum Gasteiger partial charge on any atom is -0.507 e. The number of phenols is 2. The molecule has 0 spiro atoms. The van der Waals surface area contributed by atoms with Gasteiger partial charge >= 0.3 is 0 Å². The third-order valence-electron chi connectivity index (χ3n) is 6.81. The molecule has 8 nitrogen and oxygen atoms in total. The summed E-state index contributed by atoms with van der Waals surface area (Å²) in [6.07, 6.45) is 2.94. The van der Waals surface area contributed by atoms with E-state index in [0.29, 0.717) is 34.3 Å². The molecule has 0 aliphatic carbocycles. The van der Waals surface area contributed by atoms with Crippen LogP contribution in [0.3, 0.4) is 0 Å². The Hall–Kier alpha value is -2.20. The number of hydrogen-bond acceptors (Lipinski definition) is 8. The minimum atomic E-state index is 0.150. The Kier molecular flexibility index (Phi) is 9.22. The van der Waals surface area contributed by atoms with Crippen molar-refractivity contribution in [3.63, 3.8) is 0 Å². The molecule has 0 unspecified atom stereocenters. The van der Waals surface area contributed by atoms with E-state index >= 15 is 0 Å². The Balaban J connectivity index is 1.44. The van der Waals surface area contributed by atoms with Crippen molar-refractivity contribution in [3.05, 3.63) is 56.6 Å². The van der Waals surface area contributed by atoms with Gasteiger partial charge in [0.05, 0.1) is 12.4 Å². The van der Waals surface area contributed by atoms with Crippen LogP contribution in [0.5, 0.6) is 11.5 Å². The molecule has 36 heavy (non-hydrogen) atoms. The largest absolute Gasteiger partial charge is 0.507 e. The van der Waals surface area contributed by atoms with Gasteiger partial charge in [0.2, 0.25) is 0 Å². The van der Waals surface area contributed by atoms with Crippen LogP contribution in [0.2, 0.25) is 10.0 Å². The van der Waals surface area contributed by atoms with Gasteiger partial charge in [0.15, 0.2) is 0 Å². The van der Waals surface area contributed by atoms with E-state index in [4.69, 9.17) is 23.2 Å². The molecule has 4 rings (SSSR count). The molecule has 0 aromatic heterocycles. The van der Waals surface area contributed by atoms with E-state index in [1.165, 1.54) is 12.4 Å². The van der Waals surface area contributed by atoms with Crippen LogP contribution in [0.1, 0.15) is 22.3 Å². The number of benzene rings is 2. The lowest BCUT2D eigenvalue weighted by atomic mass is 10.1. The number of nitrogens with zero attached hydrogens (tertiary/aromatic N) is 6. The summed E-state index contributed by atoms with van der Waals surface area (Å²) in [4.78, 5) is 9.17. The summed E-state index contributed by atoms with van der Waals surface area (Å²) in [6.45, 7) is 9.00. The molecule has 2 fully saturated rings. The molecule has 0 saturated carbocycles. The first kappa shape index (κ1) is 26.9. The summed E-state index contributed by atoms with van der Waals surface area (Å²) in [7, 11) is 4.22. The van der Waals surface area contributed by atoms with Gasteiger partial charge in [-0.05, 0) is 38.4 Å². The molecule has 0 radical (unpaired) electrons. The van der Waals surface area contributed by atoms with Crippen LogP contribution in [0, 0.1) is 0 Å². The zero-order valence-corrected chi connectivity index (χ0v) is 22.4. The monoisotopic (exact) mass is 532 g/mol. The Morgan fingerprint density at radius 1 is 0.667 bits per heavy atom. The Morgan fingerprint density at radius 2 is 1.03 bits per heavy atom. The fraction of sp³-hybridized carbons (Fsp3) is 0.462. The first-order chi connectivity index (χ1) is 17.3. The number of aromatic hydroxyl groups is 2. The number of rotatable bonds is 7. The van der Waals surface area contributed by atoms with Crippen molar-refractivity contribution in [2.75, 3.05) is 66.5 Å². The lowest BCUT2D eigenvalue weighted by molar-refractivity contribution is 0.147. The van der Waals surface area contributed by atoms with Gasteiger partial charge in [0, 0.05) is 97.7 Å². The number of piperazine rings is 2. The van der Waals surface area contributed by atoms with E-state index in [1.54, 1.807) is 24.3 Å². The molecule has 2 saturated heterocycles. The topological polar surface area (TPSA) is 78.1 Å². The Bertz CT molecular complexity index is 1020. The first-order valence-corrected chi connectivity index (χ1v) is 12.9. The first-order valence-electron chi connectivity index (χ1n) is 12.2. The van der Waals surface area contributed by atoms with Crippen LogP contribution >= 0.6 is 23.2 Å². The highest BCUT2D eigenvalue weighted by molar-refractivity contribution is 6.31. The van der Waals surface area contributed by atoms with Crippen molar-refractivity contribution >= 4 is 35.6 Å². The molecule has 2 heterocycles. The summed E-state index contributed by atoms with van der Waals surface area (Å²) in [5.74, 6) is 0.301. The van der Waals surface area contributed by atoms with Gasteiger partial charge in [-0.2, -0.15) is 10.2 Å². The molecular formula is C26H34Cl2N6O2. The van der Waals surface area contributed by atoms with E-state index in [1.807, 2.05) is 0 Å². The van der Waals surface area contributed by atoms with Crippen molar-refractivity contribution in [1.29, 1.82) is 0 Å². The maximum atomic E-state index is 10.8. The molecule has 0 amide bonds. The molecular weight excluding hydrogens is 499 g/mol. The highest BCUT2D eigenvalue weighted by Crippen LogP contribution is 2.29. The van der Waals surface area contributed by atoms with Gasteiger partial charge in [-0.15, -0.1) is 0 Å². The molecule has 10 heteroatoms. The number of likely N-dealkylation sites (N-methyl/N-ethyl adjacent to an activating group) is 2. The Morgan fingerprint density at radius 3 is 1.39 bits per heavy atom. The second kappa shape index (κ2) is 12.4. The minimum absolute atomic E-state index is 0.150. The maximum Gasteiger partial charge on any atom is 0.129 e. The normalized spacial score (nSPS) is 19.1. The van der Waals surface area contributed by atoms with Crippen molar-refractivity contribution in [2.24, 2.45) is 10.2 Å². The SMILES string of the molecule is CN1CCN(Cc2cc(Cl)cc(/C=N/N=C/c3cc(Cl)cc(CN4CCN(C)CC4)c3O)c2O)CC1. The summed E-state index contributed by atoms with van der Waals surface area (Å²) in [5, 5.41) is 30.8. The number of halogens is 2. The van der Waals surface area contributed by atoms with Crippen molar-refractivity contribution < 1.29 is 10.2 Å². The van der Waals surface area contributed by atoms with Crippen LogP contribution in [0.15, 0.2) is 34.5 Å². The molecule has 0 atom stereocenters. The second-order valence-electron chi connectivity index (χ2n) is 9.65. The lowest BCUT2D eigenvalue weighted by Gasteiger charge is -2.32. The van der Waals surface area contributed by atoms with E-state index in [2.05, 4.69) is 43.9 Å². The van der Waals surface area contributed by atoms with Gasteiger partial charge < -0.3 is 20.0 Å². The van der Waals surface area contributed by atoms with Crippen molar-refractivity contribution in [2.45, 2.75) is 13.1 Å². The van der Waals surface area contributed by atoms with Crippen molar-refractivity contribution in [3.8, 4) is 11.5 Å².